The summed E-state index contributed by atoms with van der Waals surface area (Å²) in [6.45, 7) is 1.17. The van der Waals surface area contributed by atoms with Gasteiger partial charge in [-0.15, -0.1) is 0 Å². The number of nitrogens with one attached hydrogen (secondary N) is 1. The topological polar surface area (TPSA) is 12.0 Å². The Morgan fingerprint density at radius 2 is 2.38 bits per heavy atom. The van der Waals surface area contributed by atoms with Gasteiger partial charge in [0.15, 0.2) is 0 Å². The summed E-state index contributed by atoms with van der Waals surface area (Å²) >= 11 is 5.91. The Bertz CT molecular complexity index is 279. The lowest BCUT2D eigenvalue weighted by Gasteiger charge is -2.09. The molecule has 2 rings (SSSR count). The molecule has 13 heavy (non-hydrogen) atoms. The normalized spacial score (nSPS) is 22.1. The van der Waals surface area contributed by atoms with Gasteiger partial charge in [-0.25, -0.2) is 0 Å². The molecule has 1 aromatic rings. The molecule has 0 amide bonds. The summed E-state index contributed by atoms with van der Waals surface area (Å²) in [5.74, 6) is 0. The van der Waals surface area contributed by atoms with Crippen molar-refractivity contribution >= 4 is 11.6 Å². The zero-order chi connectivity index (χ0) is 9.10. The van der Waals surface area contributed by atoms with Gasteiger partial charge < -0.3 is 5.32 Å². The van der Waals surface area contributed by atoms with Gasteiger partial charge in [-0.2, -0.15) is 0 Å². The molecule has 1 aromatic carbocycles. The second kappa shape index (κ2) is 4.12. The molecule has 0 saturated carbocycles. The van der Waals surface area contributed by atoms with Crippen molar-refractivity contribution in [3.63, 3.8) is 0 Å². The van der Waals surface area contributed by atoms with Crippen LogP contribution >= 0.6 is 11.6 Å². The maximum atomic E-state index is 5.91. The lowest BCUT2D eigenvalue weighted by molar-refractivity contribution is 0.603. The van der Waals surface area contributed by atoms with E-state index in [9.17, 15) is 0 Å². The van der Waals surface area contributed by atoms with Crippen LogP contribution in [-0.2, 0) is 6.42 Å². The fourth-order valence-electron chi connectivity index (χ4n) is 1.88. The molecule has 1 atom stereocenters. The molecule has 70 valence electrons. The summed E-state index contributed by atoms with van der Waals surface area (Å²) in [5.41, 5.74) is 1.34. The minimum atomic E-state index is 0.665. The second-order valence-electron chi connectivity index (χ2n) is 3.63. The fraction of sp³-hybridized carbons (Fsp3) is 0.455. The van der Waals surface area contributed by atoms with E-state index in [1.807, 2.05) is 12.1 Å². The lowest BCUT2D eigenvalue weighted by atomic mass is 10.1. The van der Waals surface area contributed by atoms with E-state index in [0.29, 0.717) is 6.04 Å². The van der Waals surface area contributed by atoms with Crippen molar-refractivity contribution in [3.8, 4) is 0 Å². The highest BCUT2D eigenvalue weighted by atomic mass is 35.5. The van der Waals surface area contributed by atoms with Crippen LogP contribution < -0.4 is 5.32 Å². The van der Waals surface area contributed by atoms with Crippen LogP contribution in [0.3, 0.4) is 0 Å². The van der Waals surface area contributed by atoms with E-state index in [1.54, 1.807) is 0 Å². The van der Waals surface area contributed by atoms with Crippen LogP contribution in [0.2, 0.25) is 5.02 Å². The molecule has 1 saturated heterocycles. The van der Waals surface area contributed by atoms with E-state index in [4.69, 9.17) is 11.6 Å². The monoisotopic (exact) mass is 195 g/mol. The highest BCUT2D eigenvalue weighted by molar-refractivity contribution is 6.30. The lowest BCUT2D eigenvalue weighted by Crippen LogP contribution is -2.23. The van der Waals surface area contributed by atoms with Crippen LogP contribution in [0.1, 0.15) is 18.4 Å². The molecule has 0 aliphatic carbocycles. The Balaban J connectivity index is 2.00. The van der Waals surface area contributed by atoms with Gasteiger partial charge in [-0.05, 0) is 43.5 Å². The summed E-state index contributed by atoms with van der Waals surface area (Å²) in [4.78, 5) is 0. The molecular formula is C11H14ClN. The van der Waals surface area contributed by atoms with E-state index in [1.165, 1.54) is 24.9 Å². The number of rotatable bonds is 2. The Morgan fingerprint density at radius 1 is 1.46 bits per heavy atom. The zero-order valence-corrected chi connectivity index (χ0v) is 8.35. The standard InChI is InChI=1S/C11H14ClN/c12-10-4-1-3-9(7-10)8-11-5-2-6-13-11/h1,3-4,7,11,13H,2,5-6,8H2/t11-/m1/s1. The van der Waals surface area contributed by atoms with Gasteiger partial charge >= 0.3 is 0 Å². The van der Waals surface area contributed by atoms with Crippen molar-refractivity contribution in [2.75, 3.05) is 6.54 Å². The predicted octanol–water partition coefficient (Wildman–Crippen LogP) is 2.63. The highest BCUT2D eigenvalue weighted by Crippen LogP contribution is 2.15. The molecule has 0 bridgehead atoms. The van der Waals surface area contributed by atoms with Crippen LogP contribution in [0.5, 0.6) is 0 Å². The molecule has 0 radical (unpaired) electrons. The van der Waals surface area contributed by atoms with Crippen molar-refractivity contribution in [1.82, 2.24) is 5.32 Å². The van der Waals surface area contributed by atoms with Gasteiger partial charge in [0.2, 0.25) is 0 Å². The molecule has 0 aromatic heterocycles. The maximum Gasteiger partial charge on any atom is 0.0408 e. The minimum Gasteiger partial charge on any atom is -0.314 e. The third-order valence-electron chi connectivity index (χ3n) is 2.53. The first-order chi connectivity index (χ1) is 6.34. The number of halogens is 1. The maximum absolute atomic E-state index is 5.91. The zero-order valence-electron chi connectivity index (χ0n) is 7.59. The average Bonchev–Trinajstić information content (AvgIpc) is 2.57. The first-order valence-electron chi connectivity index (χ1n) is 4.82. The van der Waals surface area contributed by atoms with Crippen molar-refractivity contribution in [1.29, 1.82) is 0 Å². The smallest absolute Gasteiger partial charge is 0.0408 e. The first-order valence-corrected chi connectivity index (χ1v) is 5.20. The fourth-order valence-corrected chi connectivity index (χ4v) is 2.09. The Hall–Kier alpha value is -0.530. The molecule has 1 fully saturated rings. The first kappa shape index (κ1) is 9.04. The summed E-state index contributed by atoms with van der Waals surface area (Å²) in [6, 6.07) is 8.81. The minimum absolute atomic E-state index is 0.665. The molecule has 1 nitrogen and oxygen atoms in total. The van der Waals surface area contributed by atoms with Crippen LogP contribution in [0.15, 0.2) is 24.3 Å². The third-order valence-corrected chi connectivity index (χ3v) is 2.77. The molecule has 1 N–H and O–H groups in total. The van der Waals surface area contributed by atoms with Crippen molar-refractivity contribution < 1.29 is 0 Å². The third kappa shape index (κ3) is 2.45. The van der Waals surface area contributed by atoms with Crippen LogP contribution in [0.4, 0.5) is 0 Å². The van der Waals surface area contributed by atoms with Crippen LogP contribution in [0.25, 0.3) is 0 Å². The van der Waals surface area contributed by atoms with Crippen molar-refractivity contribution in [2.24, 2.45) is 0 Å². The molecule has 1 aliphatic heterocycles. The van der Waals surface area contributed by atoms with E-state index >= 15 is 0 Å². The van der Waals surface area contributed by atoms with Gasteiger partial charge in [-0.1, -0.05) is 23.7 Å². The Morgan fingerprint density at radius 3 is 3.08 bits per heavy atom. The van der Waals surface area contributed by atoms with E-state index in [0.717, 1.165) is 11.4 Å². The van der Waals surface area contributed by atoms with Gasteiger partial charge in [0.1, 0.15) is 0 Å². The highest BCUT2D eigenvalue weighted by Gasteiger charge is 2.13. The largest absolute Gasteiger partial charge is 0.314 e. The molecule has 1 aliphatic rings. The Kier molecular flexibility index (Phi) is 2.87. The molecule has 2 heteroatoms. The van der Waals surface area contributed by atoms with E-state index < -0.39 is 0 Å². The van der Waals surface area contributed by atoms with Gasteiger partial charge in [0.05, 0.1) is 0 Å². The number of hydrogen-bond acceptors (Lipinski definition) is 1. The summed E-state index contributed by atoms with van der Waals surface area (Å²) in [5, 5.41) is 4.32. The second-order valence-corrected chi connectivity index (χ2v) is 4.06. The van der Waals surface area contributed by atoms with Crippen molar-refractivity contribution in [2.45, 2.75) is 25.3 Å². The van der Waals surface area contributed by atoms with Crippen molar-refractivity contribution in [3.05, 3.63) is 34.9 Å². The van der Waals surface area contributed by atoms with Gasteiger partial charge in [0.25, 0.3) is 0 Å². The van der Waals surface area contributed by atoms with E-state index in [-0.39, 0.29) is 0 Å². The summed E-state index contributed by atoms with van der Waals surface area (Å²) < 4.78 is 0. The summed E-state index contributed by atoms with van der Waals surface area (Å²) in [7, 11) is 0. The molecule has 0 spiro atoms. The van der Waals surface area contributed by atoms with E-state index in [2.05, 4.69) is 17.4 Å². The predicted molar refractivity (Wildman–Crippen MR) is 56.2 cm³/mol. The van der Waals surface area contributed by atoms with Gasteiger partial charge in [-0.3, -0.25) is 0 Å². The summed E-state index contributed by atoms with van der Waals surface area (Å²) in [6.07, 6.45) is 3.72. The van der Waals surface area contributed by atoms with Gasteiger partial charge in [0, 0.05) is 11.1 Å². The molecular weight excluding hydrogens is 182 g/mol. The Labute approximate surface area is 84.1 Å². The number of benzene rings is 1. The quantitative estimate of drug-likeness (QED) is 0.765. The van der Waals surface area contributed by atoms with Crippen LogP contribution in [-0.4, -0.2) is 12.6 Å². The van der Waals surface area contributed by atoms with Crippen LogP contribution in [0, 0.1) is 0 Å². The average molecular weight is 196 g/mol. The molecule has 0 unspecified atom stereocenters. The number of hydrogen-bond donors (Lipinski definition) is 1. The SMILES string of the molecule is Clc1cccc(C[C@H]2CCCN2)c1. The molecule has 1 heterocycles.